The summed E-state index contributed by atoms with van der Waals surface area (Å²) in [4.78, 5) is 27.0. The van der Waals surface area contributed by atoms with Crippen molar-refractivity contribution in [2.45, 2.75) is 129 Å². The number of Topliss-reactive ketones (excluding diaryl/α,β-unsaturated/α-hetero) is 1. The molecule has 1 saturated heterocycles. The molecule has 5 aliphatic rings. The molecule has 35 heavy (non-hydrogen) atoms. The highest BCUT2D eigenvalue weighted by atomic mass is 16.3. The molecule has 198 valence electrons. The van der Waals surface area contributed by atoms with E-state index in [1.165, 1.54) is 70.6 Å². The molecule has 4 aliphatic carbocycles. The number of rotatable bonds is 7. The third-order valence-corrected chi connectivity index (χ3v) is 12.0. The second kappa shape index (κ2) is 10.5. The van der Waals surface area contributed by atoms with Gasteiger partial charge >= 0.3 is 0 Å². The third-order valence-electron chi connectivity index (χ3n) is 12.0. The van der Waals surface area contributed by atoms with Crippen LogP contribution in [0, 0.1) is 40.4 Å². The highest BCUT2D eigenvalue weighted by Gasteiger charge is 2.62. The minimum atomic E-state index is -0.120. The second-order valence-electron chi connectivity index (χ2n) is 13.8. The molecule has 0 bridgehead atoms. The molecule has 0 aromatic rings. The first kappa shape index (κ1) is 25.7. The fraction of sp³-hybridized carbons (Fsp3) is 0.935. The largest absolute Gasteiger partial charge is 0.393 e. The number of hydrogen-bond acceptors (Lipinski definition) is 3. The fourth-order valence-electron chi connectivity index (χ4n) is 9.83. The van der Waals surface area contributed by atoms with Gasteiger partial charge in [0.2, 0.25) is 5.91 Å². The molecule has 1 aliphatic heterocycles. The summed E-state index contributed by atoms with van der Waals surface area (Å²) in [5.41, 5.74) is 0.445. The van der Waals surface area contributed by atoms with Crippen LogP contribution >= 0.6 is 0 Å². The summed E-state index contributed by atoms with van der Waals surface area (Å²) in [5.74, 6) is 4.31. The Morgan fingerprint density at radius 1 is 0.943 bits per heavy atom. The van der Waals surface area contributed by atoms with E-state index in [9.17, 15) is 14.7 Å². The number of carbonyl (C=O) groups is 2. The van der Waals surface area contributed by atoms with Crippen LogP contribution in [0.25, 0.3) is 0 Å². The van der Waals surface area contributed by atoms with Crippen LogP contribution in [-0.2, 0) is 9.59 Å². The van der Waals surface area contributed by atoms with Gasteiger partial charge in [0, 0.05) is 32.4 Å². The van der Waals surface area contributed by atoms with Crippen LogP contribution in [0.1, 0.15) is 123 Å². The Morgan fingerprint density at radius 3 is 2.49 bits per heavy atom. The number of nitrogens with zero attached hydrogens (tertiary/aromatic N) is 1. The standard InChI is InChI=1S/C31H51NO3/c1-30-16-14-24(33)21-23(30)20-22(29-25-12-13-27(34)31(25,2)17-15-26(29)30)10-6-3-4-7-11-28(35)32-18-8-5-9-19-32/h22-23,25-27,29,34H,3-21H2,1-2H3/t22?,23?,25-,26+,27?,29-,30-,31-/m0/s1. The zero-order valence-electron chi connectivity index (χ0n) is 22.6. The van der Waals surface area contributed by atoms with Crippen LogP contribution in [-0.4, -0.2) is 40.9 Å². The van der Waals surface area contributed by atoms with E-state index < -0.39 is 0 Å². The molecular weight excluding hydrogens is 434 g/mol. The molecule has 1 amide bonds. The average molecular weight is 486 g/mol. The molecule has 3 unspecified atom stereocenters. The van der Waals surface area contributed by atoms with Gasteiger partial charge in [0.05, 0.1) is 6.10 Å². The Bertz CT molecular complexity index is 775. The summed E-state index contributed by atoms with van der Waals surface area (Å²) in [7, 11) is 0. The lowest BCUT2D eigenvalue weighted by Crippen LogP contribution is -2.57. The number of hydrogen-bond donors (Lipinski definition) is 1. The summed E-state index contributed by atoms with van der Waals surface area (Å²) in [5, 5.41) is 10.9. The first-order chi connectivity index (χ1) is 16.8. The number of likely N-dealkylation sites (tertiary alicyclic amines) is 1. The van der Waals surface area contributed by atoms with Gasteiger partial charge in [-0.05, 0) is 105 Å². The SMILES string of the molecule is C[C@]12CCC(=O)CC1CC(CCCCCCC(=O)N1CCCCC1)[C@@H]1[C@H]2CC[C@]2(C)C(O)CC[C@@H]12. The van der Waals surface area contributed by atoms with Crippen LogP contribution in [0.4, 0.5) is 0 Å². The van der Waals surface area contributed by atoms with Crippen molar-refractivity contribution in [3.63, 3.8) is 0 Å². The van der Waals surface area contributed by atoms with Crippen molar-refractivity contribution in [1.82, 2.24) is 4.90 Å². The van der Waals surface area contributed by atoms with E-state index in [1.54, 1.807) is 0 Å². The van der Waals surface area contributed by atoms with Crippen molar-refractivity contribution in [1.29, 1.82) is 0 Å². The van der Waals surface area contributed by atoms with E-state index >= 15 is 0 Å². The summed E-state index contributed by atoms with van der Waals surface area (Å²) < 4.78 is 0. The maximum atomic E-state index is 12.5. The lowest BCUT2D eigenvalue weighted by Gasteiger charge is -2.62. The molecular formula is C31H51NO3. The van der Waals surface area contributed by atoms with Gasteiger partial charge in [0.15, 0.2) is 0 Å². The summed E-state index contributed by atoms with van der Waals surface area (Å²) in [6, 6.07) is 0. The molecule has 0 spiro atoms. The van der Waals surface area contributed by atoms with Crippen molar-refractivity contribution in [3.05, 3.63) is 0 Å². The van der Waals surface area contributed by atoms with Crippen LogP contribution in [0.5, 0.6) is 0 Å². The number of piperidine rings is 1. The van der Waals surface area contributed by atoms with Gasteiger partial charge in [-0.1, -0.05) is 39.5 Å². The number of fused-ring (bicyclic) bond motifs is 5. The van der Waals surface area contributed by atoms with Gasteiger partial charge in [-0.25, -0.2) is 0 Å². The molecule has 0 aromatic heterocycles. The maximum Gasteiger partial charge on any atom is 0.222 e. The molecule has 4 heteroatoms. The second-order valence-corrected chi connectivity index (χ2v) is 13.8. The van der Waals surface area contributed by atoms with Gasteiger partial charge in [0.1, 0.15) is 5.78 Å². The topological polar surface area (TPSA) is 57.6 Å². The predicted octanol–water partition coefficient (Wildman–Crippen LogP) is 6.54. The molecule has 0 aromatic carbocycles. The first-order valence-corrected chi connectivity index (χ1v) is 15.3. The Kier molecular flexibility index (Phi) is 7.69. The lowest BCUT2D eigenvalue weighted by atomic mass is 9.42. The first-order valence-electron chi connectivity index (χ1n) is 15.3. The van der Waals surface area contributed by atoms with Crippen molar-refractivity contribution in [3.8, 4) is 0 Å². The van der Waals surface area contributed by atoms with Crippen molar-refractivity contribution in [2.24, 2.45) is 40.4 Å². The van der Waals surface area contributed by atoms with Crippen molar-refractivity contribution < 1.29 is 14.7 Å². The molecule has 8 atom stereocenters. The molecule has 5 rings (SSSR count). The smallest absolute Gasteiger partial charge is 0.222 e. The maximum absolute atomic E-state index is 12.5. The predicted molar refractivity (Wildman–Crippen MR) is 140 cm³/mol. The summed E-state index contributed by atoms with van der Waals surface area (Å²) >= 11 is 0. The molecule has 1 N–H and O–H groups in total. The molecule has 4 saturated carbocycles. The van der Waals surface area contributed by atoms with Crippen LogP contribution < -0.4 is 0 Å². The summed E-state index contributed by atoms with van der Waals surface area (Å²) in [6.07, 6.45) is 18.8. The normalized spacial score (nSPS) is 43.4. The number of unbranched alkanes of at least 4 members (excludes halogenated alkanes) is 3. The monoisotopic (exact) mass is 485 g/mol. The van der Waals surface area contributed by atoms with Crippen molar-refractivity contribution >= 4 is 11.7 Å². The van der Waals surface area contributed by atoms with Crippen molar-refractivity contribution in [2.75, 3.05) is 13.1 Å². The minimum Gasteiger partial charge on any atom is -0.393 e. The highest BCUT2D eigenvalue weighted by molar-refractivity contribution is 5.79. The number of aliphatic hydroxyl groups excluding tert-OH is 1. The molecule has 1 heterocycles. The van der Waals surface area contributed by atoms with E-state index in [-0.39, 0.29) is 11.5 Å². The van der Waals surface area contributed by atoms with E-state index in [0.717, 1.165) is 63.5 Å². The number of ketones is 1. The Morgan fingerprint density at radius 2 is 1.69 bits per heavy atom. The Labute approximate surface area is 214 Å². The average Bonchev–Trinajstić information content (AvgIpc) is 3.16. The Hall–Kier alpha value is -0.900. The highest BCUT2D eigenvalue weighted by Crippen LogP contribution is 2.67. The number of amides is 1. The van der Waals surface area contributed by atoms with Crippen LogP contribution in [0.2, 0.25) is 0 Å². The minimum absolute atomic E-state index is 0.113. The van der Waals surface area contributed by atoms with Gasteiger partial charge in [-0.3, -0.25) is 9.59 Å². The van der Waals surface area contributed by atoms with E-state index in [4.69, 9.17) is 0 Å². The van der Waals surface area contributed by atoms with Gasteiger partial charge in [0.25, 0.3) is 0 Å². The quantitative estimate of drug-likeness (QED) is 0.417. The third kappa shape index (κ3) is 4.87. The van der Waals surface area contributed by atoms with Crippen LogP contribution in [0.3, 0.4) is 0 Å². The Balaban J connectivity index is 1.18. The van der Waals surface area contributed by atoms with Gasteiger partial charge in [-0.2, -0.15) is 0 Å². The number of aliphatic hydroxyl groups is 1. The van der Waals surface area contributed by atoms with Gasteiger partial charge in [-0.15, -0.1) is 0 Å². The zero-order valence-corrected chi connectivity index (χ0v) is 22.6. The molecule has 5 fully saturated rings. The van der Waals surface area contributed by atoms with E-state index in [2.05, 4.69) is 18.7 Å². The molecule has 4 nitrogen and oxygen atoms in total. The van der Waals surface area contributed by atoms with Crippen LogP contribution in [0.15, 0.2) is 0 Å². The zero-order chi connectivity index (χ0) is 24.6. The lowest BCUT2D eigenvalue weighted by molar-refractivity contribution is -0.156. The van der Waals surface area contributed by atoms with Gasteiger partial charge < -0.3 is 10.0 Å². The van der Waals surface area contributed by atoms with E-state index in [0.29, 0.717) is 34.9 Å². The van der Waals surface area contributed by atoms with E-state index in [1.807, 2.05) is 0 Å². The number of carbonyl (C=O) groups excluding carboxylic acids is 2. The molecule has 0 radical (unpaired) electrons. The summed E-state index contributed by atoms with van der Waals surface area (Å²) in [6.45, 7) is 6.87. The fourth-order valence-corrected chi connectivity index (χ4v) is 9.83.